The van der Waals surface area contributed by atoms with Crippen LogP contribution in [-0.2, 0) is 14.3 Å². The molecule has 7 heteroatoms. The number of hydrogen-bond donors (Lipinski definition) is 3. The second-order valence-electron chi connectivity index (χ2n) is 8.64. The van der Waals surface area contributed by atoms with Gasteiger partial charge in [-0.1, -0.05) is 55.0 Å². The van der Waals surface area contributed by atoms with Gasteiger partial charge in [-0.2, -0.15) is 0 Å². The third-order valence-electron chi connectivity index (χ3n) is 6.60. The first-order valence-electron chi connectivity index (χ1n) is 11.5. The molecule has 1 fully saturated rings. The lowest BCUT2D eigenvalue weighted by atomic mass is 9.98. The van der Waals surface area contributed by atoms with Crippen LogP contribution in [0.1, 0.15) is 49.7 Å². The van der Waals surface area contributed by atoms with Gasteiger partial charge in [0.1, 0.15) is 12.6 Å². The average Bonchev–Trinajstić information content (AvgIpc) is 3.43. The van der Waals surface area contributed by atoms with E-state index in [0.29, 0.717) is 12.8 Å². The smallest absolute Gasteiger partial charge is 0.407 e. The Morgan fingerprint density at radius 3 is 2.32 bits per heavy atom. The standard InChI is InChI=1S/C27H28N2O5/c1-2-3-14-24(25(30)28-23-15-8-13-21(23)26(31)32)29-27(33)34-16-22-19-11-6-4-9-17(19)18-10-5-7-12-20(18)22/h4-7,9-12,21-24H,8,13-16H2,1H3,(H,28,30)(H,29,33)(H,31,32). The fourth-order valence-corrected chi connectivity index (χ4v) is 4.91. The van der Waals surface area contributed by atoms with Gasteiger partial charge in [0.15, 0.2) is 0 Å². The molecular weight excluding hydrogens is 432 g/mol. The highest BCUT2D eigenvalue weighted by molar-refractivity contribution is 5.87. The predicted molar refractivity (Wildman–Crippen MR) is 127 cm³/mol. The average molecular weight is 461 g/mol. The van der Waals surface area contributed by atoms with E-state index in [1.165, 1.54) is 0 Å². The summed E-state index contributed by atoms with van der Waals surface area (Å²) in [7, 11) is 0. The van der Waals surface area contributed by atoms with Crippen molar-refractivity contribution in [3.8, 4) is 23.0 Å². The van der Waals surface area contributed by atoms with Crippen LogP contribution >= 0.6 is 0 Å². The molecular formula is C27H28N2O5. The number of benzene rings is 2. The van der Waals surface area contributed by atoms with Crippen LogP contribution in [0.4, 0.5) is 4.79 Å². The zero-order chi connectivity index (χ0) is 24.1. The van der Waals surface area contributed by atoms with Gasteiger partial charge in [-0.3, -0.25) is 9.59 Å². The molecule has 0 aromatic heterocycles. The number of alkyl carbamates (subject to hydrolysis) is 1. The van der Waals surface area contributed by atoms with Gasteiger partial charge in [0, 0.05) is 18.4 Å². The molecule has 1 saturated carbocycles. The van der Waals surface area contributed by atoms with Crippen LogP contribution in [0.15, 0.2) is 48.5 Å². The SMILES string of the molecule is CC#CCC(NC(=O)OCC1c2ccccc2-c2ccccc21)C(=O)NC1CCCC1C(=O)O. The number of amides is 2. The summed E-state index contributed by atoms with van der Waals surface area (Å²) in [5.74, 6) is 3.48. The fourth-order valence-electron chi connectivity index (χ4n) is 4.91. The molecule has 176 valence electrons. The second kappa shape index (κ2) is 10.4. The van der Waals surface area contributed by atoms with Crippen molar-refractivity contribution in [3.63, 3.8) is 0 Å². The van der Waals surface area contributed by atoms with E-state index in [4.69, 9.17) is 4.74 Å². The Bertz CT molecular complexity index is 1100. The summed E-state index contributed by atoms with van der Waals surface area (Å²) in [6.45, 7) is 1.79. The maximum absolute atomic E-state index is 12.9. The summed E-state index contributed by atoms with van der Waals surface area (Å²) in [5.41, 5.74) is 4.46. The molecule has 3 atom stereocenters. The van der Waals surface area contributed by atoms with Crippen LogP contribution in [0.25, 0.3) is 11.1 Å². The number of carboxylic acid groups (broad SMARTS) is 1. The van der Waals surface area contributed by atoms with E-state index in [1.807, 2.05) is 36.4 Å². The molecule has 0 spiro atoms. The number of rotatable bonds is 7. The summed E-state index contributed by atoms with van der Waals surface area (Å²) in [6.07, 6.45) is 1.26. The maximum Gasteiger partial charge on any atom is 0.407 e. The minimum absolute atomic E-state index is 0.0873. The van der Waals surface area contributed by atoms with Gasteiger partial charge in [0.05, 0.1) is 5.92 Å². The molecule has 0 bridgehead atoms. The minimum Gasteiger partial charge on any atom is -0.481 e. The Kier molecular flexibility index (Phi) is 7.17. The Balaban J connectivity index is 1.40. The summed E-state index contributed by atoms with van der Waals surface area (Å²) in [4.78, 5) is 36.9. The monoisotopic (exact) mass is 460 g/mol. The molecule has 0 saturated heterocycles. The van der Waals surface area contributed by atoms with Crippen molar-refractivity contribution in [3.05, 3.63) is 59.7 Å². The van der Waals surface area contributed by atoms with Crippen LogP contribution in [0.2, 0.25) is 0 Å². The molecule has 3 N–H and O–H groups in total. The number of carbonyl (C=O) groups is 3. The van der Waals surface area contributed by atoms with E-state index >= 15 is 0 Å². The highest BCUT2D eigenvalue weighted by Gasteiger charge is 2.35. The number of ether oxygens (including phenoxy) is 1. The van der Waals surface area contributed by atoms with Crippen molar-refractivity contribution in [2.24, 2.45) is 5.92 Å². The quantitative estimate of drug-likeness (QED) is 0.547. The van der Waals surface area contributed by atoms with E-state index in [2.05, 4.69) is 34.6 Å². The molecule has 0 heterocycles. The van der Waals surface area contributed by atoms with Crippen molar-refractivity contribution >= 4 is 18.0 Å². The Morgan fingerprint density at radius 1 is 1.06 bits per heavy atom. The molecule has 2 aromatic carbocycles. The first-order valence-corrected chi connectivity index (χ1v) is 11.5. The van der Waals surface area contributed by atoms with E-state index in [0.717, 1.165) is 28.7 Å². The molecule has 4 rings (SSSR count). The first-order chi connectivity index (χ1) is 16.5. The van der Waals surface area contributed by atoms with Crippen molar-refractivity contribution in [2.75, 3.05) is 6.61 Å². The Labute approximate surface area is 198 Å². The normalized spacial score (nSPS) is 19.2. The van der Waals surface area contributed by atoms with E-state index in [9.17, 15) is 19.5 Å². The van der Waals surface area contributed by atoms with Gasteiger partial charge in [0.25, 0.3) is 0 Å². The van der Waals surface area contributed by atoms with Crippen LogP contribution in [0.3, 0.4) is 0 Å². The van der Waals surface area contributed by atoms with Crippen LogP contribution in [-0.4, -0.2) is 41.8 Å². The number of aliphatic carboxylic acids is 1. The first kappa shape index (κ1) is 23.4. The predicted octanol–water partition coefficient (Wildman–Crippen LogP) is 3.68. The summed E-state index contributed by atoms with van der Waals surface area (Å²) in [6, 6.07) is 14.7. The third-order valence-corrected chi connectivity index (χ3v) is 6.60. The van der Waals surface area contributed by atoms with Gasteiger partial charge in [-0.05, 0) is 42.0 Å². The van der Waals surface area contributed by atoms with Crippen molar-refractivity contribution in [1.82, 2.24) is 10.6 Å². The zero-order valence-corrected chi connectivity index (χ0v) is 19.0. The third kappa shape index (κ3) is 4.91. The number of nitrogens with one attached hydrogen (secondary N) is 2. The number of carbonyl (C=O) groups excluding carboxylic acids is 2. The van der Waals surface area contributed by atoms with E-state index in [-0.39, 0.29) is 18.9 Å². The van der Waals surface area contributed by atoms with E-state index in [1.54, 1.807) is 6.92 Å². The molecule has 2 aliphatic rings. The number of hydrogen-bond acceptors (Lipinski definition) is 4. The summed E-state index contributed by atoms with van der Waals surface area (Å²) < 4.78 is 5.56. The highest BCUT2D eigenvalue weighted by Crippen LogP contribution is 2.44. The van der Waals surface area contributed by atoms with Crippen LogP contribution in [0.5, 0.6) is 0 Å². The number of carboxylic acids is 1. The molecule has 2 aliphatic carbocycles. The second-order valence-corrected chi connectivity index (χ2v) is 8.64. The van der Waals surface area contributed by atoms with Crippen molar-refractivity contribution in [1.29, 1.82) is 0 Å². The molecule has 3 unspecified atom stereocenters. The Morgan fingerprint density at radius 2 is 1.71 bits per heavy atom. The lowest BCUT2D eigenvalue weighted by Crippen LogP contribution is -2.51. The fraction of sp³-hybridized carbons (Fsp3) is 0.370. The van der Waals surface area contributed by atoms with Crippen LogP contribution in [0, 0.1) is 17.8 Å². The molecule has 2 aromatic rings. The molecule has 7 nitrogen and oxygen atoms in total. The van der Waals surface area contributed by atoms with Gasteiger partial charge in [-0.25, -0.2) is 4.79 Å². The summed E-state index contributed by atoms with van der Waals surface area (Å²) in [5, 5.41) is 14.8. The van der Waals surface area contributed by atoms with Gasteiger partial charge >= 0.3 is 12.1 Å². The molecule has 34 heavy (non-hydrogen) atoms. The minimum atomic E-state index is -0.932. The largest absolute Gasteiger partial charge is 0.481 e. The van der Waals surface area contributed by atoms with Gasteiger partial charge in [-0.15, -0.1) is 11.8 Å². The summed E-state index contributed by atoms with van der Waals surface area (Å²) >= 11 is 0. The van der Waals surface area contributed by atoms with Crippen molar-refractivity contribution < 1.29 is 24.2 Å². The highest BCUT2D eigenvalue weighted by atomic mass is 16.5. The number of fused-ring (bicyclic) bond motifs is 3. The Hall–Kier alpha value is -3.79. The maximum atomic E-state index is 12.9. The van der Waals surface area contributed by atoms with Gasteiger partial charge < -0.3 is 20.5 Å². The van der Waals surface area contributed by atoms with Gasteiger partial charge in [0.2, 0.25) is 5.91 Å². The zero-order valence-electron chi connectivity index (χ0n) is 19.0. The van der Waals surface area contributed by atoms with E-state index < -0.39 is 36.0 Å². The lowest BCUT2D eigenvalue weighted by Gasteiger charge is -2.22. The topological polar surface area (TPSA) is 105 Å². The van der Waals surface area contributed by atoms with Crippen LogP contribution < -0.4 is 10.6 Å². The molecule has 0 radical (unpaired) electrons. The lowest BCUT2D eigenvalue weighted by molar-refractivity contribution is -0.142. The van der Waals surface area contributed by atoms with Crippen molar-refractivity contribution in [2.45, 2.75) is 50.6 Å². The molecule has 0 aliphatic heterocycles. The molecule has 2 amide bonds.